The Hall–Kier alpha value is -2.18. The van der Waals surface area contributed by atoms with Gasteiger partial charge in [0.15, 0.2) is 0 Å². The van der Waals surface area contributed by atoms with Gasteiger partial charge in [0.05, 0.1) is 4.90 Å². The van der Waals surface area contributed by atoms with E-state index >= 15 is 0 Å². The van der Waals surface area contributed by atoms with Crippen molar-refractivity contribution in [3.05, 3.63) is 60.2 Å². The largest absolute Gasteiger partial charge is 0.744 e. The van der Waals surface area contributed by atoms with Crippen LogP contribution in [0.3, 0.4) is 0 Å². The maximum atomic E-state index is 11.8. The van der Waals surface area contributed by atoms with Gasteiger partial charge in [0.25, 0.3) is 5.91 Å². The van der Waals surface area contributed by atoms with Crippen LogP contribution < -0.4 is 5.32 Å². The molecule has 0 bridgehead atoms. The minimum atomic E-state index is -4.46. The van der Waals surface area contributed by atoms with E-state index in [-0.39, 0.29) is 10.8 Å². The number of hydrogen-bond acceptors (Lipinski definition) is 4. The molecule has 0 fully saturated rings. The summed E-state index contributed by atoms with van der Waals surface area (Å²) in [5, 5.41) is 2.60. The van der Waals surface area contributed by atoms with E-state index < -0.39 is 10.1 Å². The van der Waals surface area contributed by atoms with Crippen LogP contribution in [0.25, 0.3) is 0 Å². The Kier molecular flexibility index (Phi) is 3.64. The van der Waals surface area contributed by atoms with Crippen molar-refractivity contribution in [3.8, 4) is 0 Å². The summed E-state index contributed by atoms with van der Waals surface area (Å²) in [5.74, 6) is -0.307. The van der Waals surface area contributed by atoms with E-state index in [1.54, 1.807) is 30.3 Å². The normalized spacial score (nSPS) is 11.0. The number of anilines is 1. The van der Waals surface area contributed by atoms with Gasteiger partial charge in [-0.2, -0.15) is 0 Å². The second kappa shape index (κ2) is 5.21. The summed E-state index contributed by atoms with van der Waals surface area (Å²) < 4.78 is 32.2. The van der Waals surface area contributed by atoms with E-state index in [4.69, 9.17) is 0 Å². The lowest BCUT2D eigenvalue weighted by Gasteiger charge is -2.09. The summed E-state index contributed by atoms with van der Waals surface area (Å²) in [6, 6.07) is 13.6. The van der Waals surface area contributed by atoms with Crippen LogP contribution in [0.15, 0.2) is 59.5 Å². The molecule has 0 aliphatic heterocycles. The van der Waals surface area contributed by atoms with E-state index in [2.05, 4.69) is 5.32 Å². The smallest absolute Gasteiger partial charge is 0.255 e. The fourth-order valence-corrected chi connectivity index (χ4v) is 1.97. The van der Waals surface area contributed by atoms with E-state index in [0.717, 1.165) is 12.1 Å². The zero-order valence-electron chi connectivity index (χ0n) is 9.74. The van der Waals surface area contributed by atoms with Crippen LogP contribution in [-0.4, -0.2) is 18.9 Å². The van der Waals surface area contributed by atoms with Crippen LogP contribution >= 0.6 is 0 Å². The van der Waals surface area contributed by atoms with Crippen LogP contribution in [-0.2, 0) is 10.1 Å². The van der Waals surface area contributed by atoms with Crippen LogP contribution in [0.2, 0.25) is 0 Å². The lowest BCUT2D eigenvalue weighted by molar-refractivity contribution is 0.102. The first-order valence-corrected chi connectivity index (χ1v) is 6.80. The summed E-state index contributed by atoms with van der Waals surface area (Å²) in [4.78, 5) is 11.5. The number of carbonyl (C=O) groups excluding carboxylic acids is 1. The maximum absolute atomic E-state index is 11.8. The van der Waals surface area contributed by atoms with Gasteiger partial charge in [-0.25, -0.2) is 8.42 Å². The first kappa shape index (κ1) is 13.3. The first-order valence-electron chi connectivity index (χ1n) is 5.39. The van der Waals surface area contributed by atoms with Crippen molar-refractivity contribution >= 4 is 21.7 Å². The van der Waals surface area contributed by atoms with Crippen LogP contribution in [0, 0.1) is 0 Å². The molecule has 0 heterocycles. The standard InChI is InChI=1S/C13H11NO4S/c15-13(10-4-2-1-3-5-10)14-11-6-8-12(9-7-11)19(16,17)18/h1-9H,(H,14,15)(H,16,17,18)/p-1. The molecule has 19 heavy (non-hydrogen) atoms. The van der Waals surface area contributed by atoms with Crippen molar-refractivity contribution in [2.75, 3.05) is 5.32 Å². The number of benzene rings is 2. The molecule has 2 aromatic carbocycles. The van der Waals surface area contributed by atoms with Gasteiger partial charge in [-0.05, 0) is 36.4 Å². The van der Waals surface area contributed by atoms with Crippen molar-refractivity contribution in [2.24, 2.45) is 0 Å². The topological polar surface area (TPSA) is 86.3 Å². The Labute approximate surface area is 110 Å². The van der Waals surface area contributed by atoms with Crippen molar-refractivity contribution in [1.29, 1.82) is 0 Å². The SMILES string of the molecule is O=C(Nc1ccc(S(=O)(=O)[O-])cc1)c1ccccc1. The van der Waals surface area contributed by atoms with Crippen LogP contribution in [0.1, 0.15) is 10.4 Å². The maximum Gasteiger partial charge on any atom is 0.255 e. The molecule has 0 saturated heterocycles. The minimum absolute atomic E-state index is 0.307. The lowest BCUT2D eigenvalue weighted by atomic mass is 10.2. The number of amides is 1. The molecule has 1 amide bonds. The van der Waals surface area contributed by atoms with Crippen molar-refractivity contribution in [1.82, 2.24) is 0 Å². The average molecular weight is 276 g/mol. The van der Waals surface area contributed by atoms with Crippen LogP contribution in [0.5, 0.6) is 0 Å². The van der Waals surface area contributed by atoms with E-state index in [1.807, 2.05) is 0 Å². The highest BCUT2D eigenvalue weighted by Crippen LogP contribution is 2.14. The highest BCUT2D eigenvalue weighted by atomic mass is 32.2. The molecule has 0 unspecified atom stereocenters. The Morgan fingerprint density at radius 2 is 1.53 bits per heavy atom. The van der Waals surface area contributed by atoms with E-state index in [9.17, 15) is 17.8 Å². The third kappa shape index (κ3) is 3.40. The zero-order chi connectivity index (χ0) is 13.9. The number of hydrogen-bond donors (Lipinski definition) is 1. The Morgan fingerprint density at radius 1 is 0.947 bits per heavy atom. The molecule has 2 aromatic rings. The monoisotopic (exact) mass is 276 g/mol. The number of rotatable bonds is 3. The molecular weight excluding hydrogens is 266 g/mol. The van der Waals surface area contributed by atoms with Crippen LogP contribution in [0.4, 0.5) is 5.69 Å². The Bertz CT molecular complexity index is 678. The second-order valence-electron chi connectivity index (χ2n) is 3.80. The summed E-state index contributed by atoms with van der Waals surface area (Å²) in [5.41, 5.74) is 0.907. The fourth-order valence-electron chi connectivity index (χ4n) is 1.50. The molecule has 5 nitrogen and oxygen atoms in total. The molecule has 1 N–H and O–H groups in total. The third-order valence-corrected chi connectivity index (χ3v) is 3.29. The molecule has 0 aliphatic carbocycles. The van der Waals surface area contributed by atoms with Gasteiger partial charge in [-0.15, -0.1) is 0 Å². The van der Waals surface area contributed by atoms with E-state index in [0.29, 0.717) is 11.3 Å². The Morgan fingerprint density at radius 3 is 2.05 bits per heavy atom. The van der Waals surface area contributed by atoms with Gasteiger partial charge in [0.2, 0.25) is 0 Å². The highest BCUT2D eigenvalue weighted by Gasteiger charge is 2.06. The molecule has 2 rings (SSSR count). The molecule has 6 heteroatoms. The minimum Gasteiger partial charge on any atom is -0.744 e. The van der Waals surface area contributed by atoms with Crippen molar-refractivity contribution in [2.45, 2.75) is 4.90 Å². The molecule has 0 saturated carbocycles. The summed E-state index contributed by atoms with van der Waals surface area (Å²) in [7, 11) is -4.46. The third-order valence-electron chi connectivity index (χ3n) is 2.44. The summed E-state index contributed by atoms with van der Waals surface area (Å²) >= 11 is 0. The highest BCUT2D eigenvalue weighted by molar-refractivity contribution is 7.85. The van der Waals surface area contributed by atoms with Gasteiger partial charge in [-0.1, -0.05) is 18.2 Å². The first-order chi connectivity index (χ1) is 8.97. The predicted octanol–water partition coefficient (Wildman–Crippen LogP) is 1.84. The Balaban J connectivity index is 2.15. The molecule has 0 aliphatic rings. The number of carbonyl (C=O) groups is 1. The predicted molar refractivity (Wildman–Crippen MR) is 68.8 cm³/mol. The van der Waals surface area contributed by atoms with Gasteiger partial charge in [0.1, 0.15) is 10.1 Å². The molecule has 0 atom stereocenters. The van der Waals surface area contributed by atoms with Gasteiger partial charge in [-0.3, -0.25) is 4.79 Å². The molecule has 0 radical (unpaired) electrons. The van der Waals surface area contributed by atoms with Gasteiger partial charge >= 0.3 is 0 Å². The molecule has 98 valence electrons. The van der Waals surface area contributed by atoms with Crippen molar-refractivity contribution in [3.63, 3.8) is 0 Å². The summed E-state index contributed by atoms with van der Waals surface area (Å²) in [6.45, 7) is 0. The lowest BCUT2D eigenvalue weighted by Crippen LogP contribution is -2.11. The van der Waals surface area contributed by atoms with Gasteiger partial charge < -0.3 is 9.87 Å². The second-order valence-corrected chi connectivity index (χ2v) is 5.18. The molecule has 0 spiro atoms. The molecule has 0 aromatic heterocycles. The zero-order valence-corrected chi connectivity index (χ0v) is 10.6. The van der Waals surface area contributed by atoms with Crippen molar-refractivity contribution < 1.29 is 17.8 Å². The summed E-state index contributed by atoms with van der Waals surface area (Å²) in [6.07, 6.45) is 0. The van der Waals surface area contributed by atoms with Gasteiger partial charge in [0, 0.05) is 11.3 Å². The molecular formula is C13H10NO4S-. The number of nitrogens with one attached hydrogen (secondary N) is 1. The average Bonchev–Trinajstić information content (AvgIpc) is 2.39. The van der Waals surface area contributed by atoms with E-state index in [1.165, 1.54) is 12.1 Å². The quantitative estimate of drug-likeness (QED) is 0.867. The fraction of sp³-hybridized carbons (Fsp3) is 0.